The highest BCUT2D eigenvalue weighted by molar-refractivity contribution is 5.98. The zero-order chi connectivity index (χ0) is 13.4. The summed E-state index contributed by atoms with van der Waals surface area (Å²) < 4.78 is 0. The molecule has 19 heavy (non-hydrogen) atoms. The average Bonchev–Trinajstić information content (AvgIpc) is 2.35. The number of carboxylic acid groups (broad SMARTS) is 1. The Kier molecular flexibility index (Phi) is 3.01. The van der Waals surface area contributed by atoms with Crippen LogP contribution in [0.25, 0.3) is 0 Å². The minimum Gasteiger partial charge on any atom is -0.481 e. The molecule has 1 aromatic carbocycles. The van der Waals surface area contributed by atoms with Crippen molar-refractivity contribution in [2.24, 2.45) is 5.92 Å². The molecule has 0 spiro atoms. The van der Waals surface area contributed by atoms with Crippen LogP contribution in [0.1, 0.15) is 37.2 Å². The first kappa shape index (κ1) is 12.2. The van der Waals surface area contributed by atoms with Gasteiger partial charge in [0.1, 0.15) is 0 Å². The van der Waals surface area contributed by atoms with Gasteiger partial charge in [0, 0.05) is 18.2 Å². The maximum Gasteiger partial charge on any atom is 0.311 e. The van der Waals surface area contributed by atoms with Crippen molar-refractivity contribution >= 4 is 17.6 Å². The molecule has 3 rings (SSSR count). The third kappa shape index (κ3) is 2.01. The summed E-state index contributed by atoms with van der Waals surface area (Å²) in [6.45, 7) is 0.517. The molecule has 4 heteroatoms. The Bertz CT molecular complexity index is 522. The SMILES string of the molecule is O=C(O)C1CCN(C(=O)C2CCC2)c2ccccc21. The number of hydrogen-bond acceptors (Lipinski definition) is 2. The molecule has 0 radical (unpaired) electrons. The number of rotatable bonds is 2. The quantitative estimate of drug-likeness (QED) is 0.887. The molecule has 1 aromatic rings. The van der Waals surface area contributed by atoms with Crippen molar-refractivity contribution in [2.45, 2.75) is 31.6 Å². The van der Waals surface area contributed by atoms with Crippen LogP contribution in [0, 0.1) is 5.92 Å². The normalized spacial score (nSPS) is 22.5. The summed E-state index contributed by atoms with van der Waals surface area (Å²) in [6, 6.07) is 7.39. The topological polar surface area (TPSA) is 57.6 Å². The molecule has 1 heterocycles. The number of carbonyl (C=O) groups is 2. The molecule has 1 saturated carbocycles. The van der Waals surface area contributed by atoms with Crippen LogP contribution in [0.3, 0.4) is 0 Å². The van der Waals surface area contributed by atoms with Crippen LogP contribution >= 0.6 is 0 Å². The molecule has 0 saturated heterocycles. The predicted octanol–water partition coefficient (Wildman–Crippen LogP) is 2.39. The van der Waals surface area contributed by atoms with Crippen LogP contribution in [0.4, 0.5) is 5.69 Å². The first-order valence-corrected chi connectivity index (χ1v) is 6.81. The monoisotopic (exact) mass is 259 g/mol. The second-order valence-electron chi connectivity index (χ2n) is 5.36. The number of carbonyl (C=O) groups excluding carboxylic acids is 1. The molecular weight excluding hydrogens is 242 g/mol. The Balaban J connectivity index is 1.94. The molecule has 1 fully saturated rings. The van der Waals surface area contributed by atoms with Crippen LogP contribution in [0.2, 0.25) is 0 Å². The lowest BCUT2D eigenvalue weighted by atomic mass is 9.82. The molecule has 4 nitrogen and oxygen atoms in total. The number of nitrogens with zero attached hydrogens (tertiary/aromatic N) is 1. The maximum absolute atomic E-state index is 12.4. The van der Waals surface area contributed by atoms with E-state index in [4.69, 9.17) is 0 Å². The largest absolute Gasteiger partial charge is 0.481 e. The minimum atomic E-state index is -0.803. The Morgan fingerprint density at radius 2 is 1.89 bits per heavy atom. The molecule has 0 aromatic heterocycles. The zero-order valence-electron chi connectivity index (χ0n) is 10.7. The second kappa shape index (κ2) is 4.68. The zero-order valence-corrected chi connectivity index (χ0v) is 10.7. The summed E-state index contributed by atoms with van der Waals surface area (Å²) in [7, 11) is 0. The first-order valence-electron chi connectivity index (χ1n) is 6.81. The van der Waals surface area contributed by atoms with Crippen molar-refractivity contribution in [3.63, 3.8) is 0 Å². The van der Waals surface area contributed by atoms with Crippen molar-refractivity contribution in [1.29, 1.82) is 0 Å². The highest BCUT2D eigenvalue weighted by atomic mass is 16.4. The molecule has 1 aliphatic heterocycles. The van der Waals surface area contributed by atoms with Crippen LogP contribution in [0.15, 0.2) is 24.3 Å². The number of carboxylic acids is 1. The molecule has 2 aliphatic rings. The summed E-state index contributed by atoms with van der Waals surface area (Å²) >= 11 is 0. The summed E-state index contributed by atoms with van der Waals surface area (Å²) in [5.41, 5.74) is 1.56. The van der Waals surface area contributed by atoms with E-state index in [1.807, 2.05) is 24.3 Å². The second-order valence-corrected chi connectivity index (χ2v) is 5.36. The standard InChI is InChI=1S/C15H17NO3/c17-14(10-4-3-5-10)16-9-8-12(15(18)19)11-6-1-2-7-13(11)16/h1-2,6-7,10,12H,3-5,8-9H2,(H,18,19). The van der Waals surface area contributed by atoms with E-state index in [0.717, 1.165) is 30.5 Å². The summed E-state index contributed by atoms with van der Waals surface area (Å²) in [4.78, 5) is 25.5. The molecule has 1 atom stereocenters. The van der Waals surface area contributed by atoms with Gasteiger partial charge in [0.2, 0.25) is 5.91 Å². The number of hydrogen-bond donors (Lipinski definition) is 1. The molecule has 100 valence electrons. The van der Waals surface area contributed by atoms with Crippen molar-refractivity contribution in [3.05, 3.63) is 29.8 Å². The van der Waals surface area contributed by atoms with Gasteiger partial charge in [0.25, 0.3) is 0 Å². The number of para-hydroxylation sites is 1. The highest BCUT2D eigenvalue weighted by Gasteiger charge is 2.36. The van der Waals surface area contributed by atoms with E-state index in [1.54, 1.807) is 4.90 Å². The molecule has 1 amide bonds. The predicted molar refractivity (Wildman–Crippen MR) is 71.1 cm³/mol. The van der Waals surface area contributed by atoms with Gasteiger partial charge in [-0.05, 0) is 30.9 Å². The lowest BCUT2D eigenvalue weighted by molar-refractivity contribution is -0.139. The van der Waals surface area contributed by atoms with Crippen LogP contribution in [-0.2, 0) is 9.59 Å². The summed E-state index contributed by atoms with van der Waals surface area (Å²) in [6.07, 6.45) is 3.58. The van der Waals surface area contributed by atoms with E-state index in [-0.39, 0.29) is 11.8 Å². The lowest BCUT2D eigenvalue weighted by Gasteiger charge is -2.37. The van der Waals surface area contributed by atoms with Gasteiger partial charge in [0.15, 0.2) is 0 Å². The van der Waals surface area contributed by atoms with Gasteiger partial charge >= 0.3 is 5.97 Å². The van der Waals surface area contributed by atoms with Gasteiger partial charge in [-0.15, -0.1) is 0 Å². The lowest BCUT2D eigenvalue weighted by Crippen LogP contribution is -2.43. The first-order chi connectivity index (χ1) is 9.18. The van der Waals surface area contributed by atoms with Crippen molar-refractivity contribution < 1.29 is 14.7 Å². The smallest absolute Gasteiger partial charge is 0.311 e. The number of fused-ring (bicyclic) bond motifs is 1. The van der Waals surface area contributed by atoms with Crippen LogP contribution in [0.5, 0.6) is 0 Å². The number of anilines is 1. The van der Waals surface area contributed by atoms with Gasteiger partial charge in [-0.25, -0.2) is 0 Å². The molecule has 1 aliphatic carbocycles. The molecule has 0 bridgehead atoms. The summed E-state index contributed by atoms with van der Waals surface area (Å²) in [5.74, 6) is -0.971. The van der Waals surface area contributed by atoms with Gasteiger partial charge in [-0.3, -0.25) is 9.59 Å². The average molecular weight is 259 g/mol. The fourth-order valence-electron chi connectivity index (χ4n) is 2.92. The van der Waals surface area contributed by atoms with Gasteiger partial charge in [-0.2, -0.15) is 0 Å². The van der Waals surface area contributed by atoms with Gasteiger partial charge in [-0.1, -0.05) is 24.6 Å². The van der Waals surface area contributed by atoms with E-state index >= 15 is 0 Å². The molecular formula is C15H17NO3. The molecule has 1 unspecified atom stereocenters. The Morgan fingerprint density at radius 3 is 2.53 bits per heavy atom. The van der Waals surface area contributed by atoms with Crippen molar-refractivity contribution in [2.75, 3.05) is 11.4 Å². The maximum atomic E-state index is 12.4. The van der Waals surface area contributed by atoms with E-state index in [2.05, 4.69) is 0 Å². The van der Waals surface area contributed by atoms with Gasteiger partial charge in [0.05, 0.1) is 5.92 Å². The fourth-order valence-corrected chi connectivity index (χ4v) is 2.92. The van der Waals surface area contributed by atoms with Gasteiger partial charge < -0.3 is 10.0 Å². The number of benzene rings is 1. The Hall–Kier alpha value is -1.84. The minimum absolute atomic E-state index is 0.148. The Morgan fingerprint density at radius 1 is 1.16 bits per heavy atom. The van der Waals surface area contributed by atoms with Crippen molar-refractivity contribution in [1.82, 2.24) is 0 Å². The third-order valence-corrected chi connectivity index (χ3v) is 4.26. The fraction of sp³-hybridized carbons (Fsp3) is 0.467. The van der Waals surface area contributed by atoms with Crippen LogP contribution in [-0.4, -0.2) is 23.5 Å². The van der Waals surface area contributed by atoms with E-state index in [9.17, 15) is 14.7 Å². The molecule has 1 N–H and O–H groups in total. The van der Waals surface area contributed by atoms with Crippen molar-refractivity contribution in [3.8, 4) is 0 Å². The van der Waals surface area contributed by atoms with Crippen LogP contribution < -0.4 is 4.90 Å². The number of aliphatic carboxylic acids is 1. The van der Waals surface area contributed by atoms with E-state index < -0.39 is 11.9 Å². The Labute approximate surface area is 112 Å². The summed E-state index contributed by atoms with van der Waals surface area (Å²) in [5, 5.41) is 9.27. The highest BCUT2D eigenvalue weighted by Crippen LogP contribution is 2.38. The van der Waals surface area contributed by atoms with E-state index in [0.29, 0.717) is 13.0 Å². The van der Waals surface area contributed by atoms with E-state index in [1.165, 1.54) is 0 Å². The third-order valence-electron chi connectivity index (χ3n) is 4.26. The number of amides is 1.